The molecule has 5 N–H and O–H groups in total. The van der Waals surface area contributed by atoms with E-state index in [1.807, 2.05) is 24.3 Å². The minimum Gasteiger partial charge on any atom is -0.399 e. The Bertz CT molecular complexity index is 1820. The molecule has 5 rings (SSSR count). The van der Waals surface area contributed by atoms with Crippen LogP contribution in [0.5, 0.6) is 0 Å². The van der Waals surface area contributed by atoms with Gasteiger partial charge in [-0.3, -0.25) is 4.98 Å². The average Bonchev–Trinajstić information content (AvgIpc) is 2.90. The largest absolute Gasteiger partial charge is 0.399 e. The molecule has 0 amide bonds. The Balaban J connectivity index is 1.48. The first-order valence-corrected chi connectivity index (χ1v) is 11.3. The normalized spacial score (nSPS) is 10.5. The summed E-state index contributed by atoms with van der Waals surface area (Å²) in [5.74, 6) is 6.06. The van der Waals surface area contributed by atoms with E-state index >= 15 is 0 Å². The summed E-state index contributed by atoms with van der Waals surface area (Å²) < 4.78 is 1.83. The van der Waals surface area contributed by atoms with Gasteiger partial charge < -0.3 is 11.5 Å². The summed E-state index contributed by atoms with van der Waals surface area (Å²) in [4.78, 5) is 40.7. The predicted molar refractivity (Wildman–Crippen MR) is 145 cm³/mol. The molecule has 0 spiro atoms. The van der Waals surface area contributed by atoms with Gasteiger partial charge in [0, 0.05) is 22.5 Å². The Hall–Kier alpha value is -5.55. The number of rotatable bonds is 3. The Morgan fingerprint density at radius 2 is 0.865 bits per heavy atom. The SMILES string of the molecule is Nc1ccc(C#Cc2ccc(-n3c(=O)[nH]c(=O)n(-c4ccc(-c5ccc(N)cc5)cc4)c3=O)cc2)cc1. The third kappa shape index (κ3) is 4.83. The zero-order chi connectivity index (χ0) is 25.9. The molecule has 8 nitrogen and oxygen atoms in total. The standard InChI is InChI=1S/C29H21N5O3/c30-23-11-3-19(4-12-23)1-2-20-5-15-25(16-6-20)33-27(35)32-28(36)34(29(33)37)26-17-9-22(10-18-26)21-7-13-24(31)14-8-21/h3-18H,30-31H2,(H,32,35,36). The van der Waals surface area contributed by atoms with Crippen molar-refractivity contribution in [1.82, 2.24) is 14.1 Å². The van der Waals surface area contributed by atoms with Gasteiger partial charge in [0.1, 0.15) is 0 Å². The summed E-state index contributed by atoms with van der Waals surface area (Å²) in [7, 11) is 0. The van der Waals surface area contributed by atoms with Crippen molar-refractivity contribution in [2.45, 2.75) is 0 Å². The molecule has 1 aromatic heterocycles. The molecule has 8 heteroatoms. The fourth-order valence-electron chi connectivity index (χ4n) is 3.82. The van der Waals surface area contributed by atoms with Crippen molar-refractivity contribution in [3.8, 4) is 34.3 Å². The number of nitrogens with one attached hydrogen (secondary N) is 1. The maximum Gasteiger partial charge on any atom is 0.345 e. The molecule has 0 saturated heterocycles. The van der Waals surface area contributed by atoms with Gasteiger partial charge in [-0.2, -0.15) is 0 Å². The summed E-state index contributed by atoms with van der Waals surface area (Å²) in [6.45, 7) is 0. The van der Waals surface area contributed by atoms with Crippen LogP contribution in [0.25, 0.3) is 22.5 Å². The van der Waals surface area contributed by atoms with Crippen molar-refractivity contribution in [3.63, 3.8) is 0 Å². The number of aromatic nitrogens is 3. The lowest BCUT2D eigenvalue weighted by Crippen LogP contribution is -2.47. The van der Waals surface area contributed by atoms with E-state index in [1.165, 1.54) is 0 Å². The number of nitrogen functional groups attached to an aromatic ring is 2. The Morgan fingerprint density at radius 1 is 0.514 bits per heavy atom. The van der Waals surface area contributed by atoms with Gasteiger partial charge in [0.15, 0.2) is 0 Å². The number of nitrogens with zero attached hydrogens (tertiary/aromatic N) is 2. The van der Waals surface area contributed by atoms with E-state index in [1.54, 1.807) is 72.8 Å². The van der Waals surface area contributed by atoms with E-state index in [4.69, 9.17) is 11.5 Å². The van der Waals surface area contributed by atoms with Gasteiger partial charge in [-0.05, 0) is 83.9 Å². The second kappa shape index (κ2) is 9.60. The lowest BCUT2D eigenvalue weighted by molar-refractivity contribution is 0.715. The van der Waals surface area contributed by atoms with Crippen LogP contribution in [-0.4, -0.2) is 14.1 Å². The minimum absolute atomic E-state index is 0.302. The van der Waals surface area contributed by atoms with Gasteiger partial charge in [0.2, 0.25) is 0 Å². The highest BCUT2D eigenvalue weighted by Gasteiger charge is 2.13. The molecule has 37 heavy (non-hydrogen) atoms. The molecule has 0 aliphatic carbocycles. The van der Waals surface area contributed by atoms with Gasteiger partial charge in [-0.25, -0.2) is 23.5 Å². The molecule has 5 aromatic rings. The van der Waals surface area contributed by atoms with Crippen molar-refractivity contribution in [1.29, 1.82) is 0 Å². The molecule has 0 aliphatic rings. The quantitative estimate of drug-likeness (QED) is 0.266. The van der Waals surface area contributed by atoms with Crippen LogP contribution >= 0.6 is 0 Å². The van der Waals surface area contributed by atoms with E-state index < -0.39 is 17.1 Å². The third-order valence-electron chi connectivity index (χ3n) is 5.76. The average molecular weight is 488 g/mol. The molecular formula is C29H21N5O3. The van der Waals surface area contributed by atoms with Crippen LogP contribution in [0.1, 0.15) is 11.1 Å². The molecule has 0 saturated carbocycles. The Labute approximate surface area is 211 Å². The van der Waals surface area contributed by atoms with Crippen molar-refractivity contribution in [2.24, 2.45) is 0 Å². The van der Waals surface area contributed by atoms with Crippen LogP contribution < -0.4 is 28.5 Å². The van der Waals surface area contributed by atoms with Crippen LogP contribution in [0.2, 0.25) is 0 Å². The summed E-state index contributed by atoms with van der Waals surface area (Å²) in [5.41, 5.74) is 14.3. The summed E-state index contributed by atoms with van der Waals surface area (Å²) in [5, 5.41) is 0. The molecule has 4 aromatic carbocycles. The van der Waals surface area contributed by atoms with Gasteiger partial charge in [0.05, 0.1) is 11.4 Å². The number of anilines is 2. The predicted octanol–water partition coefficient (Wildman–Crippen LogP) is 2.91. The summed E-state index contributed by atoms with van der Waals surface area (Å²) >= 11 is 0. The van der Waals surface area contributed by atoms with Crippen molar-refractivity contribution < 1.29 is 0 Å². The Kier molecular flexibility index (Phi) is 6.02. The van der Waals surface area contributed by atoms with Gasteiger partial charge in [0.25, 0.3) is 0 Å². The number of aromatic amines is 1. The first-order chi connectivity index (χ1) is 17.9. The lowest BCUT2D eigenvalue weighted by Gasteiger charge is -2.10. The minimum atomic E-state index is -0.828. The fourth-order valence-corrected chi connectivity index (χ4v) is 3.82. The lowest BCUT2D eigenvalue weighted by atomic mass is 10.1. The van der Waals surface area contributed by atoms with Crippen LogP contribution in [0.4, 0.5) is 11.4 Å². The van der Waals surface area contributed by atoms with Crippen LogP contribution in [0.15, 0.2) is 111 Å². The van der Waals surface area contributed by atoms with E-state index in [9.17, 15) is 14.4 Å². The molecule has 0 atom stereocenters. The summed E-state index contributed by atoms with van der Waals surface area (Å²) in [6.07, 6.45) is 0. The molecular weight excluding hydrogens is 466 g/mol. The third-order valence-corrected chi connectivity index (χ3v) is 5.76. The Morgan fingerprint density at radius 3 is 1.32 bits per heavy atom. The van der Waals surface area contributed by atoms with E-state index in [0.29, 0.717) is 28.3 Å². The molecule has 0 radical (unpaired) electrons. The van der Waals surface area contributed by atoms with Crippen LogP contribution in [0, 0.1) is 11.8 Å². The fraction of sp³-hybridized carbons (Fsp3) is 0. The first kappa shape index (κ1) is 23.2. The molecule has 180 valence electrons. The topological polar surface area (TPSA) is 129 Å². The smallest absolute Gasteiger partial charge is 0.345 e. The van der Waals surface area contributed by atoms with Crippen molar-refractivity contribution >= 4 is 11.4 Å². The van der Waals surface area contributed by atoms with Crippen LogP contribution in [0.3, 0.4) is 0 Å². The van der Waals surface area contributed by atoms with Gasteiger partial charge in [-0.15, -0.1) is 0 Å². The maximum absolute atomic E-state index is 13.3. The van der Waals surface area contributed by atoms with Crippen LogP contribution in [-0.2, 0) is 0 Å². The molecule has 0 aliphatic heterocycles. The van der Waals surface area contributed by atoms with E-state index in [2.05, 4.69) is 16.8 Å². The molecule has 1 heterocycles. The zero-order valence-corrected chi connectivity index (χ0v) is 19.5. The maximum atomic E-state index is 13.3. The van der Waals surface area contributed by atoms with E-state index in [0.717, 1.165) is 25.8 Å². The van der Waals surface area contributed by atoms with Crippen molar-refractivity contribution in [3.05, 3.63) is 140 Å². The second-order valence-corrected chi connectivity index (χ2v) is 8.28. The number of H-pyrrole nitrogens is 1. The number of hydrogen-bond acceptors (Lipinski definition) is 5. The van der Waals surface area contributed by atoms with Gasteiger partial charge in [-0.1, -0.05) is 36.1 Å². The highest BCUT2D eigenvalue weighted by atomic mass is 16.2. The highest BCUT2D eigenvalue weighted by molar-refractivity contribution is 5.66. The number of hydrogen-bond donors (Lipinski definition) is 3. The summed E-state index contributed by atoms with van der Waals surface area (Å²) in [6, 6.07) is 28.0. The second-order valence-electron chi connectivity index (χ2n) is 8.28. The van der Waals surface area contributed by atoms with E-state index in [-0.39, 0.29) is 0 Å². The first-order valence-electron chi connectivity index (χ1n) is 11.3. The highest BCUT2D eigenvalue weighted by Crippen LogP contribution is 2.21. The van der Waals surface area contributed by atoms with Gasteiger partial charge >= 0.3 is 17.1 Å². The van der Waals surface area contributed by atoms with Crippen molar-refractivity contribution in [2.75, 3.05) is 11.5 Å². The number of benzene rings is 4. The molecule has 0 unspecified atom stereocenters. The number of nitrogens with two attached hydrogens (primary N) is 2. The molecule has 0 fully saturated rings. The monoisotopic (exact) mass is 487 g/mol. The zero-order valence-electron chi connectivity index (χ0n) is 19.5. The molecule has 0 bridgehead atoms.